The maximum absolute atomic E-state index is 12.6. The lowest BCUT2D eigenvalue weighted by Crippen LogP contribution is -2.32. The van der Waals surface area contributed by atoms with E-state index in [2.05, 4.69) is 15.1 Å². The molecule has 2 aromatic heterocycles. The van der Waals surface area contributed by atoms with Crippen molar-refractivity contribution in [3.63, 3.8) is 0 Å². The van der Waals surface area contributed by atoms with Gasteiger partial charge in [-0.15, -0.1) is 0 Å². The minimum absolute atomic E-state index is 0.170. The van der Waals surface area contributed by atoms with Crippen molar-refractivity contribution in [1.29, 1.82) is 0 Å². The molecule has 100 valence electrons. The molecule has 3 N–H and O–H groups in total. The lowest BCUT2D eigenvalue weighted by molar-refractivity contribution is -0.141. The first-order valence-corrected chi connectivity index (χ1v) is 4.89. The molecule has 0 aliphatic rings. The second-order valence-electron chi connectivity index (χ2n) is 3.35. The largest absolute Gasteiger partial charge is 0.435 e. The van der Waals surface area contributed by atoms with Crippen LogP contribution in [0.2, 0.25) is 0 Å². The van der Waals surface area contributed by atoms with Gasteiger partial charge in [0.2, 0.25) is 0 Å². The van der Waals surface area contributed by atoms with E-state index < -0.39 is 23.5 Å². The maximum Gasteiger partial charge on any atom is 0.435 e. The number of hydrogen-bond donors (Lipinski definition) is 2. The van der Waals surface area contributed by atoms with Crippen LogP contribution < -0.4 is 11.3 Å². The molecular formula is C9H7F3N6O. The van der Waals surface area contributed by atoms with Gasteiger partial charge >= 0.3 is 6.18 Å². The van der Waals surface area contributed by atoms with Crippen molar-refractivity contribution in [3.8, 4) is 5.95 Å². The van der Waals surface area contributed by atoms with E-state index in [-0.39, 0.29) is 5.95 Å². The zero-order chi connectivity index (χ0) is 14.0. The van der Waals surface area contributed by atoms with Gasteiger partial charge in [-0.2, -0.15) is 23.0 Å². The maximum atomic E-state index is 12.6. The minimum Gasteiger partial charge on any atom is -0.289 e. The molecule has 10 heteroatoms. The van der Waals surface area contributed by atoms with Crippen molar-refractivity contribution in [2.24, 2.45) is 5.84 Å². The molecule has 0 aliphatic heterocycles. The molecule has 1 amide bonds. The Bertz CT molecular complexity index is 594. The Morgan fingerprint density at radius 2 is 1.95 bits per heavy atom. The van der Waals surface area contributed by atoms with Crippen molar-refractivity contribution >= 4 is 5.91 Å². The number of nitrogens with zero attached hydrogens (tertiary/aromatic N) is 4. The molecule has 0 bridgehead atoms. The molecule has 0 aliphatic carbocycles. The first kappa shape index (κ1) is 13.0. The van der Waals surface area contributed by atoms with Gasteiger partial charge in [-0.3, -0.25) is 10.2 Å². The molecule has 2 rings (SSSR count). The van der Waals surface area contributed by atoms with Gasteiger partial charge in [0.15, 0.2) is 5.69 Å². The molecule has 2 aromatic rings. The van der Waals surface area contributed by atoms with E-state index >= 15 is 0 Å². The number of halogens is 3. The molecular weight excluding hydrogens is 265 g/mol. The summed E-state index contributed by atoms with van der Waals surface area (Å²) < 4.78 is 38.4. The normalized spacial score (nSPS) is 11.4. The van der Waals surface area contributed by atoms with Gasteiger partial charge in [-0.25, -0.2) is 15.8 Å². The van der Waals surface area contributed by atoms with Crippen LogP contribution in [0.15, 0.2) is 24.5 Å². The van der Waals surface area contributed by atoms with Crippen LogP contribution in [0.4, 0.5) is 13.2 Å². The lowest BCUT2D eigenvalue weighted by atomic mass is 10.3. The standard InChI is InChI=1S/C9H7F3N6O/c10-9(11,12)6-4-5(7(19)16-13)18(17-6)8-14-2-1-3-15-8/h1-4H,13H2,(H,16,19). The summed E-state index contributed by atoms with van der Waals surface area (Å²) in [5, 5.41) is 3.27. The Balaban J connectivity index is 2.59. The Labute approximate surface area is 104 Å². The lowest BCUT2D eigenvalue weighted by Gasteiger charge is -2.03. The van der Waals surface area contributed by atoms with Crippen LogP contribution >= 0.6 is 0 Å². The number of hydrogen-bond acceptors (Lipinski definition) is 5. The van der Waals surface area contributed by atoms with Crippen LogP contribution in [-0.2, 0) is 6.18 Å². The Kier molecular flexibility index (Phi) is 3.17. The predicted octanol–water partition coefficient (Wildman–Crippen LogP) is 0.285. The average molecular weight is 272 g/mol. The summed E-state index contributed by atoms with van der Waals surface area (Å²) in [6.07, 6.45) is -2.08. The van der Waals surface area contributed by atoms with Crippen molar-refractivity contribution < 1.29 is 18.0 Å². The number of aromatic nitrogens is 4. The molecule has 0 saturated heterocycles. The Morgan fingerprint density at radius 1 is 1.32 bits per heavy atom. The number of carbonyl (C=O) groups excluding carboxylic acids is 1. The van der Waals surface area contributed by atoms with Crippen molar-refractivity contribution in [1.82, 2.24) is 25.2 Å². The third-order valence-electron chi connectivity index (χ3n) is 2.11. The minimum atomic E-state index is -4.69. The second kappa shape index (κ2) is 4.65. The Morgan fingerprint density at radius 3 is 2.47 bits per heavy atom. The van der Waals surface area contributed by atoms with Gasteiger partial charge in [-0.1, -0.05) is 0 Å². The number of nitrogen functional groups attached to an aromatic ring is 1. The third kappa shape index (κ3) is 2.52. The summed E-state index contributed by atoms with van der Waals surface area (Å²) in [6, 6.07) is 2.04. The van der Waals surface area contributed by atoms with Gasteiger partial charge in [-0.05, 0) is 6.07 Å². The molecule has 0 saturated carbocycles. The van der Waals surface area contributed by atoms with Crippen LogP contribution in [0.3, 0.4) is 0 Å². The number of carbonyl (C=O) groups is 1. The molecule has 0 atom stereocenters. The van der Waals surface area contributed by atoms with Gasteiger partial charge in [0.25, 0.3) is 11.9 Å². The summed E-state index contributed by atoms with van der Waals surface area (Å²) in [5.41, 5.74) is 0.0804. The van der Waals surface area contributed by atoms with Crippen molar-refractivity contribution in [2.45, 2.75) is 6.18 Å². The summed E-state index contributed by atoms with van der Waals surface area (Å²) in [6.45, 7) is 0. The molecule has 2 heterocycles. The number of alkyl halides is 3. The van der Waals surface area contributed by atoms with E-state index in [1.165, 1.54) is 18.5 Å². The fraction of sp³-hybridized carbons (Fsp3) is 0.111. The van der Waals surface area contributed by atoms with Crippen molar-refractivity contribution in [3.05, 3.63) is 35.9 Å². The average Bonchev–Trinajstić information content (AvgIpc) is 2.83. The first-order valence-electron chi connectivity index (χ1n) is 4.89. The van der Waals surface area contributed by atoms with Gasteiger partial charge in [0.05, 0.1) is 0 Å². The topological polar surface area (TPSA) is 98.7 Å². The fourth-order valence-corrected chi connectivity index (χ4v) is 1.31. The van der Waals surface area contributed by atoms with Crippen molar-refractivity contribution in [2.75, 3.05) is 0 Å². The number of nitrogens with one attached hydrogen (secondary N) is 1. The molecule has 0 aromatic carbocycles. The van der Waals surface area contributed by atoms with E-state index in [4.69, 9.17) is 5.84 Å². The van der Waals surface area contributed by atoms with E-state index in [0.717, 1.165) is 0 Å². The summed E-state index contributed by atoms with van der Waals surface area (Å²) in [7, 11) is 0. The van der Waals surface area contributed by atoms with Gasteiger partial charge in [0.1, 0.15) is 5.69 Å². The zero-order valence-electron chi connectivity index (χ0n) is 9.22. The Hall–Kier alpha value is -2.49. The number of nitrogens with two attached hydrogens (primary N) is 1. The smallest absolute Gasteiger partial charge is 0.289 e. The summed E-state index contributed by atoms with van der Waals surface area (Å²) in [5.74, 6) is 3.80. The SMILES string of the molecule is NNC(=O)c1cc(C(F)(F)F)nn1-c1ncccn1. The quantitative estimate of drug-likeness (QED) is 0.465. The van der Waals surface area contributed by atoms with E-state index in [1.807, 2.05) is 0 Å². The first-order chi connectivity index (χ1) is 8.93. The highest BCUT2D eigenvalue weighted by molar-refractivity contribution is 5.92. The number of hydrazine groups is 1. The molecule has 0 unspecified atom stereocenters. The molecule has 7 nitrogen and oxygen atoms in total. The number of rotatable bonds is 2. The molecule has 0 spiro atoms. The van der Waals surface area contributed by atoms with E-state index in [0.29, 0.717) is 10.7 Å². The summed E-state index contributed by atoms with van der Waals surface area (Å²) in [4.78, 5) is 18.9. The molecule has 0 fully saturated rings. The fourth-order valence-electron chi connectivity index (χ4n) is 1.31. The van der Waals surface area contributed by atoms with Gasteiger partial charge in [0, 0.05) is 18.5 Å². The monoisotopic (exact) mass is 272 g/mol. The predicted molar refractivity (Wildman–Crippen MR) is 55.8 cm³/mol. The second-order valence-corrected chi connectivity index (χ2v) is 3.35. The molecule has 0 radical (unpaired) electrons. The van der Waals surface area contributed by atoms with Crippen LogP contribution in [0.25, 0.3) is 5.95 Å². The highest BCUT2D eigenvalue weighted by Crippen LogP contribution is 2.29. The molecule has 19 heavy (non-hydrogen) atoms. The van der Waals surface area contributed by atoms with Crippen LogP contribution in [0, 0.1) is 0 Å². The van der Waals surface area contributed by atoms with Crippen LogP contribution in [-0.4, -0.2) is 25.7 Å². The summed E-state index contributed by atoms with van der Waals surface area (Å²) >= 11 is 0. The highest BCUT2D eigenvalue weighted by atomic mass is 19.4. The number of amides is 1. The van der Waals surface area contributed by atoms with E-state index in [9.17, 15) is 18.0 Å². The van der Waals surface area contributed by atoms with Gasteiger partial charge < -0.3 is 0 Å². The zero-order valence-corrected chi connectivity index (χ0v) is 9.22. The third-order valence-corrected chi connectivity index (χ3v) is 2.11. The van der Waals surface area contributed by atoms with E-state index in [1.54, 1.807) is 5.43 Å². The van der Waals surface area contributed by atoms with Crippen LogP contribution in [0.1, 0.15) is 16.2 Å². The van der Waals surface area contributed by atoms with Crippen LogP contribution in [0.5, 0.6) is 0 Å². The highest BCUT2D eigenvalue weighted by Gasteiger charge is 2.36.